The number of hydrogen-bond acceptors (Lipinski definition) is 3. The highest BCUT2D eigenvalue weighted by Gasteiger charge is 2.13. The Hall–Kier alpha value is -1.33. The summed E-state index contributed by atoms with van der Waals surface area (Å²) in [7, 11) is 0. The second-order valence-corrected chi connectivity index (χ2v) is 6.10. The molecule has 0 aliphatic rings. The van der Waals surface area contributed by atoms with E-state index in [9.17, 15) is 4.79 Å². The molecule has 0 fully saturated rings. The maximum absolute atomic E-state index is 11.3. The summed E-state index contributed by atoms with van der Waals surface area (Å²) in [6.07, 6.45) is 2.94. The van der Waals surface area contributed by atoms with Crippen LogP contribution in [-0.2, 0) is 9.53 Å². The fourth-order valence-electron chi connectivity index (χ4n) is 1.80. The Morgan fingerprint density at radius 3 is 2.71 bits per heavy atom. The fraction of sp³-hybridized carbons (Fsp3) is 0.188. The van der Waals surface area contributed by atoms with Crippen molar-refractivity contribution in [3.63, 3.8) is 0 Å². The van der Waals surface area contributed by atoms with Crippen LogP contribution in [0.2, 0.25) is 0 Å². The van der Waals surface area contributed by atoms with Gasteiger partial charge in [-0.1, -0.05) is 22.0 Å². The summed E-state index contributed by atoms with van der Waals surface area (Å²) < 4.78 is 12.4. The van der Waals surface area contributed by atoms with Gasteiger partial charge in [-0.15, -0.1) is 0 Å². The fourth-order valence-corrected chi connectivity index (χ4v) is 2.99. The summed E-state index contributed by atoms with van der Waals surface area (Å²) in [5.41, 5.74) is 2.11. The van der Waals surface area contributed by atoms with Gasteiger partial charge in [0.15, 0.2) is 0 Å². The Kier molecular flexibility index (Phi) is 5.42. The van der Waals surface area contributed by atoms with Crippen LogP contribution in [0.4, 0.5) is 0 Å². The van der Waals surface area contributed by atoms with Gasteiger partial charge in [-0.05, 0) is 59.6 Å². The number of hydrogen-bond donors (Lipinski definition) is 0. The molecule has 0 saturated carbocycles. The first-order chi connectivity index (χ1) is 10.0. The molecule has 0 unspecified atom stereocenters. The molecule has 0 spiro atoms. The second kappa shape index (κ2) is 7.09. The van der Waals surface area contributed by atoms with Crippen LogP contribution >= 0.6 is 31.9 Å². The molecule has 0 radical (unpaired) electrons. The first kappa shape index (κ1) is 16.0. The van der Waals surface area contributed by atoms with Gasteiger partial charge in [-0.25, -0.2) is 4.79 Å². The van der Waals surface area contributed by atoms with Crippen LogP contribution in [-0.4, -0.2) is 12.6 Å². The number of furan rings is 1. The number of esters is 1. The minimum Gasteiger partial charge on any atom is -0.463 e. The molecular formula is C16H14Br2O3. The van der Waals surface area contributed by atoms with Gasteiger partial charge >= 0.3 is 5.97 Å². The summed E-state index contributed by atoms with van der Waals surface area (Å²) in [5.74, 6) is 0.908. The molecule has 1 heterocycles. The lowest BCUT2D eigenvalue weighted by Gasteiger charge is -2.03. The smallest absolute Gasteiger partial charge is 0.330 e. The van der Waals surface area contributed by atoms with E-state index in [1.165, 1.54) is 6.08 Å². The number of ether oxygens (including phenoxy) is 1. The number of benzene rings is 1. The molecule has 3 nitrogen and oxygen atoms in total. The van der Waals surface area contributed by atoms with Gasteiger partial charge in [0.05, 0.1) is 11.1 Å². The molecule has 0 aliphatic carbocycles. The van der Waals surface area contributed by atoms with Gasteiger partial charge in [0.1, 0.15) is 11.5 Å². The molecule has 0 amide bonds. The molecule has 110 valence electrons. The Morgan fingerprint density at radius 2 is 2.05 bits per heavy atom. The molecule has 5 heteroatoms. The van der Waals surface area contributed by atoms with E-state index in [0.717, 1.165) is 20.1 Å². The zero-order valence-electron chi connectivity index (χ0n) is 11.7. The minimum atomic E-state index is -0.386. The summed E-state index contributed by atoms with van der Waals surface area (Å²) in [5, 5.41) is 0. The molecule has 1 aromatic heterocycles. The van der Waals surface area contributed by atoms with Crippen molar-refractivity contribution in [2.45, 2.75) is 13.8 Å². The summed E-state index contributed by atoms with van der Waals surface area (Å²) >= 11 is 7.02. The zero-order valence-corrected chi connectivity index (χ0v) is 14.8. The monoisotopic (exact) mass is 412 g/mol. The maximum atomic E-state index is 11.3. The third-order valence-electron chi connectivity index (χ3n) is 2.75. The van der Waals surface area contributed by atoms with Crippen LogP contribution in [0.15, 0.2) is 43.7 Å². The van der Waals surface area contributed by atoms with Gasteiger partial charge in [-0.2, -0.15) is 0 Å². The third kappa shape index (κ3) is 4.08. The van der Waals surface area contributed by atoms with Crippen molar-refractivity contribution in [2.75, 3.05) is 6.61 Å². The molecule has 0 atom stereocenters. The normalized spacial score (nSPS) is 11.0. The van der Waals surface area contributed by atoms with Gasteiger partial charge < -0.3 is 9.15 Å². The highest BCUT2D eigenvalue weighted by Crippen LogP contribution is 2.36. The van der Waals surface area contributed by atoms with E-state index in [2.05, 4.69) is 31.9 Å². The van der Waals surface area contributed by atoms with E-state index < -0.39 is 0 Å². The SMILES string of the molecule is CCOC(=O)/C=C/c1cc(Br)c(-c2ccc(C)cc2Br)o1. The van der Waals surface area contributed by atoms with Crippen LogP contribution in [0.1, 0.15) is 18.2 Å². The summed E-state index contributed by atoms with van der Waals surface area (Å²) in [6.45, 7) is 4.15. The van der Waals surface area contributed by atoms with Crippen molar-refractivity contribution < 1.29 is 13.9 Å². The van der Waals surface area contributed by atoms with Crippen molar-refractivity contribution >= 4 is 43.9 Å². The molecule has 0 N–H and O–H groups in total. The maximum Gasteiger partial charge on any atom is 0.330 e. The molecular weight excluding hydrogens is 400 g/mol. The van der Waals surface area contributed by atoms with Crippen molar-refractivity contribution in [1.82, 2.24) is 0 Å². The average molecular weight is 414 g/mol. The molecule has 1 aromatic carbocycles. The molecule has 21 heavy (non-hydrogen) atoms. The Labute approximate surface area is 140 Å². The molecule has 2 rings (SSSR count). The Balaban J connectivity index is 2.29. The van der Waals surface area contributed by atoms with E-state index in [1.54, 1.807) is 13.0 Å². The number of aryl methyl sites for hydroxylation is 1. The molecule has 2 aromatic rings. The molecule has 0 bridgehead atoms. The van der Waals surface area contributed by atoms with E-state index in [0.29, 0.717) is 18.1 Å². The largest absolute Gasteiger partial charge is 0.463 e. The Bertz CT molecular complexity index is 687. The number of carbonyl (C=O) groups is 1. The lowest BCUT2D eigenvalue weighted by molar-refractivity contribution is -0.137. The number of halogens is 2. The standard InChI is InChI=1S/C16H14Br2O3/c1-3-20-15(19)7-5-11-9-14(18)16(21-11)12-6-4-10(2)8-13(12)17/h4-9H,3H2,1-2H3/b7-5+. The summed E-state index contributed by atoms with van der Waals surface area (Å²) in [4.78, 5) is 11.3. The van der Waals surface area contributed by atoms with Crippen molar-refractivity contribution in [3.05, 3.63) is 50.6 Å². The van der Waals surface area contributed by atoms with E-state index in [4.69, 9.17) is 9.15 Å². The third-order valence-corrected chi connectivity index (χ3v) is 3.99. The van der Waals surface area contributed by atoms with Gasteiger partial charge in [-0.3, -0.25) is 0 Å². The van der Waals surface area contributed by atoms with Crippen LogP contribution in [0.3, 0.4) is 0 Å². The topological polar surface area (TPSA) is 39.4 Å². The molecule has 0 aliphatic heterocycles. The predicted molar refractivity (Wildman–Crippen MR) is 89.9 cm³/mol. The number of carbonyl (C=O) groups excluding carboxylic acids is 1. The quantitative estimate of drug-likeness (QED) is 0.500. The lowest BCUT2D eigenvalue weighted by Crippen LogP contribution is -1.98. The lowest BCUT2D eigenvalue weighted by atomic mass is 10.1. The second-order valence-electron chi connectivity index (χ2n) is 4.39. The van der Waals surface area contributed by atoms with E-state index in [1.807, 2.05) is 31.2 Å². The van der Waals surface area contributed by atoms with Crippen molar-refractivity contribution in [1.29, 1.82) is 0 Å². The van der Waals surface area contributed by atoms with Crippen LogP contribution < -0.4 is 0 Å². The van der Waals surface area contributed by atoms with E-state index >= 15 is 0 Å². The summed E-state index contributed by atoms with van der Waals surface area (Å²) in [6, 6.07) is 7.85. The van der Waals surface area contributed by atoms with Crippen molar-refractivity contribution in [2.24, 2.45) is 0 Å². The average Bonchev–Trinajstić information content (AvgIpc) is 2.78. The predicted octanol–water partition coefficient (Wildman–Crippen LogP) is 5.36. The first-order valence-electron chi connectivity index (χ1n) is 6.42. The van der Waals surface area contributed by atoms with Gasteiger partial charge in [0.2, 0.25) is 0 Å². The van der Waals surface area contributed by atoms with E-state index in [-0.39, 0.29) is 5.97 Å². The zero-order chi connectivity index (χ0) is 15.4. The van der Waals surface area contributed by atoms with Crippen LogP contribution in [0.5, 0.6) is 0 Å². The number of rotatable bonds is 4. The highest BCUT2D eigenvalue weighted by atomic mass is 79.9. The minimum absolute atomic E-state index is 0.354. The van der Waals surface area contributed by atoms with Crippen molar-refractivity contribution in [3.8, 4) is 11.3 Å². The Morgan fingerprint density at radius 1 is 1.29 bits per heavy atom. The van der Waals surface area contributed by atoms with Crippen LogP contribution in [0, 0.1) is 6.92 Å². The highest BCUT2D eigenvalue weighted by molar-refractivity contribution is 9.11. The molecule has 0 saturated heterocycles. The first-order valence-corrected chi connectivity index (χ1v) is 8.00. The van der Waals surface area contributed by atoms with Gasteiger partial charge in [0.25, 0.3) is 0 Å². The van der Waals surface area contributed by atoms with Crippen LogP contribution in [0.25, 0.3) is 17.4 Å². The van der Waals surface area contributed by atoms with Gasteiger partial charge in [0, 0.05) is 16.1 Å².